The number of nitrogen functional groups attached to an aromatic ring is 1. The van der Waals surface area contributed by atoms with Crippen molar-refractivity contribution >= 4 is 11.6 Å². The number of carbonyl (C=O) groups is 1. The summed E-state index contributed by atoms with van der Waals surface area (Å²) < 4.78 is 4.83. The van der Waals surface area contributed by atoms with Crippen LogP contribution in [0.15, 0.2) is 10.9 Å². The smallest absolute Gasteiger partial charge is 0.273 e. The van der Waals surface area contributed by atoms with Crippen molar-refractivity contribution in [2.75, 3.05) is 12.3 Å². The first-order chi connectivity index (χ1) is 9.25. The maximum atomic E-state index is 11.9. The highest BCUT2D eigenvalue weighted by molar-refractivity contribution is 5.97. The molecule has 4 N–H and O–H groups in total. The summed E-state index contributed by atoms with van der Waals surface area (Å²) in [5.74, 6) is 0.626. The fourth-order valence-electron chi connectivity index (χ4n) is 1.89. The Kier molecular flexibility index (Phi) is 2.90. The van der Waals surface area contributed by atoms with E-state index < -0.39 is 0 Å². The van der Waals surface area contributed by atoms with Crippen LogP contribution in [0.5, 0.6) is 0 Å². The van der Waals surface area contributed by atoms with Crippen molar-refractivity contribution in [3.63, 3.8) is 0 Å². The number of H-pyrrole nitrogens is 1. The number of aromatic amines is 1. The number of rotatable bonds is 5. The molecule has 0 unspecified atom stereocenters. The fourth-order valence-corrected chi connectivity index (χ4v) is 1.89. The Bertz CT molecular complexity index is 572. The fraction of sp³-hybridized carbons (Fsp3) is 0.455. The second kappa shape index (κ2) is 4.71. The van der Waals surface area contributed by atoms with Crippen LogP contribution in [0, 0.1) is 0 Å². The number of aromatic nitrogens is 4. The van der Waals surface area contributed by atoms with Gasteiger partial charge >= 0.3 is 0 Å². The summed E-state index contributed by atoms with van der Waals surface area (Å²) in [5, 5.41) is 13.0. The molecule has 0 radical (unpaired) electrons. The molecule has 100 valence electrons. The normalized spacial score (nSPS) is 14.5. The molecule has 0 aliphatic heterocycles. The molecule has 1 aliphatic rings. The van der Waals surface area contributed by atoms with E-state index in [0.29, 0.717) is 30.5 Å². The van der Waals surface area contributed by atoms with Gasteiger partial charge in [-0.2, -0.15) is 10.1 Å². The predicted molar refractivity (Wildman–Crippen MR) is 65.3 cm³/mol. The SMILES string of the molecule is Nc1c(C(=O)NCCc2ncno2)n[nH]c1C1CC1. The molecular formula is C11H14N6O2. The summed E-state index contributed by atoms with van der Waals surface area (Å²) in [6.07, 6.45) is 4.01. The van der Waals surface area contributed by atoms with Crippen molar-refractivity contribution in [3.8, 4) is 0 Å². The van der Waals surface area contributed by atoms with Gasteiger partial charge in [0.1, 0.15) is 0 Å². The van der Waals surface area contributed by atoms with Crippen molar-refractivity contribution in [1.29, 1.82) is 0 Å². The van der Waals surface area contributed by atoms with Crippen molar-refractivity contribution in [2.24, 2.45) is 0 Å². The van der Waals surface area contributed by atoms with Crippen LogP contribution >= 0.6 is 0 Å². The second-order valence-corrected chi connectivity index (χ2v) is 4.51. The van der Waals surface area contributed by atoms with E-state index in [1.807, 2.05) is 0 Å². The van der Waals surface area contributed by atoms with Gasteiger partial charge < -0.3 is 15.6 Å². The summed E-state index contributed by atoms with van der Waals surface area (Å²) in [4.78, 5) is 15.8. The Labute approximate surface area is 108 Å². The van der Waals surface area contributed by atoms with Gasteiger partial charge in [0.05, 0.1) is 11.4 Å². The number of hydrogen-bond acceptors (Lipinski definition) is 6. The second-order valence-electron chi connectivity index (χ2n) is 4.51. The summed E-state index contributed by atoms with van der Waals surface area (Å²) in [6, 6.07) is 0. The first kappa shape index (κ1) is 11.7. The lowest BCUT2D eigenvalue weighted by molar-refractivity contribution is 0.0949. The molecule has 1 fully saturated rings. The van der Waals surface area contributed by atoms with Crippen molar-refractivity contribution in [3.05, 3.63) is 23.6 Å². The third kappa shape index (κ3) is 2.42. The highest BCUT2D eigenvalue weighted by Crippen LogP contribution is 2.42. The molecular weight excluding hydrogens is 248 g/mol. The van der Waals surface area contributed by atoms with Crippen molar-refractivity contribution in [1.82, 2.24) is 25.7 Å². The standard InChI is InChI=1S/C11H14N6O2/c12-8-9(6-1-2-6)16-17-10(8)11(18)13-4-3-7-14-5-15-19-7/h5-6H,1-4,12H2,(H,13,18)(H,16,17). The van der Waals surface area contributed by atoms with Crippen LogP contribution in [0.4, 0.5) is 5.69 Å². The molecule has 0 atom stereocenters. The molecule has 1 amide bonds. The minimum absolute atomic E-state index is 0.257. The zero-order valence-corrected chi connectivity index (χ0v) is 10.2. The quantitative estimate of drug-likeness (QED) is 0.708. The Morgan fingerprint density at radius 3 is 3.11 bits per heavy atom. The van der Waals surface area contributed by atoms with Crippen LogP contribution in [0.1, 0.15) is 40.8 Å². The Morgan fingerprint density at radius 1 is 1.58 bits per heavy atom. The maximum absolute atomic E-state index is 11.9. The van der Waals surface area contributed by atoms with Crippen LogP contribution in [-0.4, -0.2) is 32.8 Å². The van der Waals surface area contributed by atoms with Crippen LogP contribution < -0.4 is 11.1 Å². The van der Waals surface area contributed by atoms with Gasteiger partial charge in [-0.05, 0) is 12.8 Å². The van der Waals surface area contributed by atoms with Crippen LogP contribution in [-0.2, 0) is 6.42 Å². The first-order valence-corrected chi connectivity index (χ1v) is 6.13. The van der Waals surface area contributed by atoms with E-state index in [0.717, 1.165) is 18.5 Å². The lowest BCUT2D eigenvalue weighted by Crippen LogP contribution is -2.26. The van der Waals surface area contributed by atoms with Gasteiger partial charge in [0.25, 0.3) is 5.91 Å². The van der Waals surface area contributed by atoms with Gasteiger partial charge in [-0.3, -0.25) is 9.89 Å². The topological polar surface area (TPSA) is 123 Å². The van der Waals surface area contributed by atoms with E-state index in [2.05, 4.69) is 25.7 Å². The number of nitrogens with two attached hydrogens (primary N) is 1. The Hall–Kier alpha value is -2.38. The van der Waals surface area contributed by atoms with Gasteiger partial charge in [0.2, 0.25) is 5.89 Å². The zero-order chi connectivity index (χ0) is 13.2. The summed E-state index contributed by atoms with van der Waals surface area (Å²) in [7, 11) is 0. The summed E-state index contributed by atoms with van der Waals surface area (Å²) in [5.41, 5.74) is 7.51. The van der Waals surface area contributed by atoms with E-state index >= 15 is 0 Å². The number of hydrogen-bond donors (Lipinski definition) is 3. The Balaban J connectivity index is 1.57. The van der Waals surface area contributed by atoms with E-state index in [1.165, 1.54) is 6.33 Å². The number of nitrogens with one attached hydrogen (secondary N) is 2. The summed E-state index contributed by atoms with van der Waals surface area (Å²) >= 11 is 0. The number of nitrogens with zero attached hydrogens (tertiary/aromatic N) is 3. The van der Waals surface area contributed by atoms with Crippen molar-refractivity contribution < 1.29 is 9.32 Å². The highest BCUT2D eigenvalue weighted by Gasteiger charge is 2.30. The average molecular weight is 262 g/mol. The number of anilines is 1. The van der Waals surface area contributed by atoms with Gasteiger partial charge in [0.15, 0.2) is 12.0 Å². The molecule has 2 heterocycles. The zero-order valence-electron chi connectivity index (χ0n) is 10.2. The molecule has 8 heteroatoms. The molecule has 2 aromatic heterocycles. The van der Waals surface area contributed by atoms with Crippen LogP contribution in [0.25, 0.3) is 0 Å². The lowest BCUT2D eigenvalue weighted by Gasteiger charge is -2.01. The van der Waals surface area contributed by atoms with Crippen LogP contribution in [0.3, 0.4) is 0 Å². The van der Waals surface area contributed by atoms with Gasteiger partial charge in [-0.1, -0.05) is 5.16 Å². The average Bonchev–Trinajstić information content (AvgIpc) is 2.96. The first-order valence-electron chi connectivity index (χ1n) is 6.13. The van der Waals surface area contributed by atoms with E-state index in [4.69, 9.17) is 10.3 Å². The number of amides is 1. The van der Waals surface area contributed by atoms with E-state index in [-0.39, 0.29) is 11.6 Å². The molecule has 8 nitrogen and oxygen atoms in total. The molecule has 3 rings (SSSR count). The third-order valence-electron chi connectivity index (χ3n) is 3.07. The van der Waals surface area contributed by atoms with Crippen molar-refractivity contribution in [2.45, 2.75) is 25.2 Å². The molecule has 1 aliphatic carbocycles. The lowest BCUT2D eigenvalue weighted by atomic mass is 10.2. The Morgan fingerprint density at radius 2 is 2.42 bits per heavy atom. The van der Waals surface area contributed by atoms with Gasteiger partial charge in [-0.25, -0.2) is 0 Å². The molecule has 1 saturated carbocycles. The minimum Gasteiger partial charge on any atom is -0.395 e. The molecule has 0 aromatic carbocycles. The monoisotopic (exact) mass is 262 g/mol. The third-order valence-corrected chi connectivity index (χ3v) is 3.07. The largest absolute Gasteiger partial charge is 0.395 e. The van der Waals surface area contributed by atoms with Gasteiger partial charge in [0, 0.05) is 18.9 Å². The maximum Gasteiger partial charge on any atom is 0.273 e. The number of carbonyl (C=O) groups excluding carboxylic acids is 1. The van der Waals surface area contributed by atoms with E-state index in [1.54, 1.807) is 0 Å². The molecule has 19 heavy (non-hydrogen) atoms. The summed E-state index contributed by atoms with van der Waals surface area (Å²) in [6.45, 7) is 0.395. The molecule has 0 bridgehead atoms. The molecule has 2 aromatic rings. The minimum atomic E-state index is -0.292. The van der Waals surface area contributed by atoms with E-state index in [9.17, 15) is 4.79 Å². The van der Waals surface area contributed by atoms with Crippen LogP contribution in [0.2, 0.25) is 0 Å². The molecule has 0 spiro atoms. The molecule has 0 saturated heterocycles. The van der Waals surface area contributed by atoms with Gasteiger partial charge in [-0.15, -0.1) is 0 Å². The predicted octanol–water partition coefficient (Wildman–Crippen LogP) is 0.225. The highest BCUT2D eigenvalue weighted by atomic mass is 16.5.